The van der Waals surface area contributed by atoms with Crippen molar-refractivity contribution in [2.75, 3.05) is 0 Å². The van der Waals surface area contributed by atoms with Crippen molar-refractivity contribution in [3.05, 3.63) is 54.1 Å². The first-order chi connectivity index (χ1) is 11.3. The summed E-state index contributed by atoms with van der Waals surface area (Å²) in [6.45, 7) is 11.7. The molecule has 0 aliphatic rings. The molecule has 0 spiro atoms. The van der Waals surface area contributed by atoms with Crippen LogP contribution in [0.4, 0.5) is 0 Å². The van der Waals surface area contributed by atoms with Crippen molar-refractivity contribution >= 4 is 5.91 Å². The molecule has 0 saturated carbocycles. The highest BCUT2D eigenvalue weighted by Crippen LogP contribution is 2.21. The number of benzene rings is 1. The lowest BCUT2D eigenvalue weighted by Crippen LogP contribution is -2.39. The molecule has 1 aromatic carbocycles. The fourth-order valence-electron chi connectivity index (χ4n) is 2.68. The maximum atomic E-state index is 12.7. The van der Waals surface area contributed by atoms with E-state index in [4.69, 9.17) is 0 Å². The first-order valence-electron chi connectivity index (χ1n) is 8.59. The van der Waals surface area contributed by atoms with Gasteiger partial charge in [-0.1, -0.05) is 51.1 Å². The van der Waals surface area contributed by atoms with E-state index >= 15 is 0 Å². The fourth-order valence-corrected chi connectivity index (χ4v) is 2.68. The number of imidazole rings is 1. The Balaban J connectivity index is 2.13. The van der Waals surface area contributed by atoms with E-state index in [0.717, 1.165) is 12.4 Å². The third-order valence-electron chi connectivity index (χ3n) is 3.93. The van der Waals surface area contributed by atoms with Gasteiger partial charge in [0.2, 0.25) is 5.91 Å². The van der Waals surface area contributed by atoms with Crippen molar-refractivity contribution in [3.63, 3.8) is 0 Å². The molecule has 130 valence electrons. The van der Waals surface area contributed by atoms with Gasteiger partial charge in [0.25, 0.3) is 0 Å². The monoisotopic (exact) mass is 327 g/mol. The van der Waals surface area contributed by atoms with Crippen molar-refractivity contribution in [1.29, 1.82) is 0 Å². The summed E-state index contributed by atoms with van der Waals surface area (Å²) in [6.07, 6.45) is 4.34. The van der Waals surface area contributed by atoms with E-state index in [1.165, 1.54) is 5.56 Å². The van der Waals surface area contributed by atoms with E-state index < -0.39 is 0 Å². The molecule has 0 fully saturated rings. The predicted octanol–water partition coefficient (Wildman–Crippen LogP) is 4.10. The molecule has 1 aromatic heterocycles. The topological polar surface area (TPSA) is 38.1 Å². The van der Waals surface area contributed by atoms with E-state index in [1.54, 1.807) is 0 Å². The van der Waals surface area contributed by atoms with Gasteiger partial charge in [-0.05, 0) is 24.8 Å². The molecular weight excluding hydrogens is 298 g/mol. The van der Waals surface area contributed by atoms with E-state index in [9.17, 15) is 4.79 Å². The lowest BCUT2D eigenvalue weighted by Gasteiger charge is -2.30. The highest BCUT2D eigenvalue weighted by atomic mass is 16.2. The molecule has 24 heavy (non-hydrogen) atoms. The largest absolute Gasteiger partial charge is 0.333 e. The number of hydrogen-bond donors (Lipinski definition) is 0. The zero-order chi connectivity index (χ0) is 17.7. The van der Waals surface area contributed by atoms with Crippen LogP contribution in [-0.2, 0) is 17.9 Å². The Bertz CT molecular complexity index is 653. The lowest BCUT2D eigenvalue weighted by molar-refractivity contribution is -0.135. The number of nitrogens with zero attached hydrogens (tertiary/aromatic N) is 3. The SMILES string of the molecule is CC(C)N(Cc1nccn1Cc1ccccc1)C(=O)CC(C)(C)C. The van der Waals surface area contributed by atoms with Crippen LogP contribution in [0.15, 0.2) is 42.7 Å². The maximum absolute atomic E-state index is 12.7. The van der Waals surface area contributed by atoms with Gasteiger partial charge < -0.3 is 9.47 Å². The number of amides is 1. The quantitative estimate of drug-likeness (QED) is 0.801. The summed E-state index contributed by atoms with van der Waals surface area (Å²) in [6, 6.07) is 10.5. The number of rotatable bonds is 6. The van der Waals surface area contributed by atoms with Crippen molar-refractivity contribution in [2.45, 2.75) is 60.2 Å². The molecule has 0 aliphatic heterocycles. The van der Waals surface area contributed by atoms with Crippen LogP contribution in [-0.4, -0.2) is 26.4 Å². The summed E-state index contributed by atoms with van der Waals surface area (Å²) < 4.78 is 2.12. The highest BCUT2D eigenvalue weighted by molar-refractivity contribution is 5.77. The van der Waals surface area contributed by atoms with Crippen molar-refractivity contribution in [3.8, 4) is 0 Å². The van der Waals surface area contributed by atoms with Crippen LogP contribution < -0.4 is 0 Å². The summed E-state index contributed by atoms with van der Waals surface area (Å²) in [7, 11) is 0. The Labute approximate surface area is 145 Å². The minimum atomic E-state index is -0.0102. The van der Waals surface area contributed by atoms with E-state index in [1.807, 2.05) is 35.5 Å². The molecule has 0 aliphatic carbocycles. The van der Waals surface area contributed by atoms with Gasteiger partial charge in [-0.15, -0.1) is 0 Å². The van der Waals surface area contributed by atoms with Gasteiger partial charge in [0.15, 0.2) is 0 Å². The minimum Gasteiger partial charge on any atom is -0.333 e. The molecule has 4 heteroatoms. The van der Waals surface area contributed by atoms with Crippen LogP contribution in [0.5, 0.6) is 0 Å². The van der Waals surface area contributed by atoms with Gasteiger partial charge in [-0.2, -0.15) is 0 Å². The molecule has 0 bridgehead atoms. The second-order valence-electron chi connectivity index (χ2n) is 7.81. The fraction of sp³-hybridized carbons (Fsp3) is 0.500. The maximum Gasteiger partial charge on any atom is 0.223 e. The second-order valence-corrected chi connectivity index (χ2v) is 7.81. The Kier molecular flexibility index (Phi) is 5.81. The molecule has 1 heterocycles. The number of hydrogen-bond acceptors (Lipinski definition) is 2. The van der Waals surface area contributed by atoms with Gasteiger partial charge in [-0.25, -0.2) is 4.98 Å². The number of carbonyl (C=O) groups is 1. The summed E-state index contributed by atoms with van der Waals surface area (Å²) in [5.41, 5.74) is 1.22. The zero-order valence-corrected chi connectivity index (χ0v) is 15.5. The molecule has 0 saturated heterocycles. The summed E-state index contributed by atoms with van der Waals surface area (Å²) >= 11 is 0. The Morgan fingerprint density at radius 1 is 1.21 bits per heavy atom. The van der Waals surface area contributed by atoms with Crippen LogP contribution in [0.2, 0.25) is 0 Å². The number of aromatic nitrogens is 2. The highest BCUT2D eigenvalue weighted by Gasteiger charge is 2.24. The van der Waals surface area contributed by atoms with Gasteiger partial charge >= 0.3 is 0 Å². The van der Waals surface area contributed by atoms with Crippen molar-refractivity contribution in [1.82, 2.24) is 14.5 Å². The number of carbonyl (C=O) groups excluding carboxylic acids is 1. The second kappa shape index (κ2) is 7.65. The van der Waals surface area contributed by atoms with E-state index in [-0.39, 0.29) is 17.4 Å². The average Bonchev–Trinajstić information content (AvgIpc) is 2.90. The van der Waals surface area contributed by atoms with Crippen LogP contribution >= 0.6 is 0 Å². The standard InChI is InChI=1S/C20H29N3O/c1-16(2)23(19(24)13-20(3,4)5)15-18-21-11-12-22(18)14-17-9-7-6-8-10-17/h6-12,16H,13-15H2,1-5H3. The third-order valence-corrected chi connectivity index (χ3v) is 3.93. The summed E-state index contributed by atoms with van der Waals surface area (Å²) in [5.74, 6) is 1.11. The van der Waals surface area contributed by atoms with E-state index in [0.29, 0.717) is 13.0 Å². The van der Waals surface area contributed by atoms with Crippen LogP contribution in [0, 0.1) is 5.41 Å². The summed E-state index contributed by atoms with van der Waals surface area (Å²) in [4.78, 5) is 19.1. The summed E-state index contributed by atoms with van der Waals surface area (Å²) in [5, 5.41) is 0. The average molecular weight is 327 g/mol. The molecule has 0 N–H and O–H groups in total. The van der Waals surface area contributed by atoms with Gasteiger partial charge in [0, 0.05) is 31.4 Å². The lowest BCUT2D eigenvalue weighted by atomic mass is 9.91. The Morgan fingerprint density at radius 2 is 1.88 bits per heavy atom. The van der Waals surface area contributed by atoms with Gasteiger partial charge in [0.05, 0.1) is 6.54 Å². The molecule has 0 atom stereocenters. The van der Waals surface area contributed by atoms with Crippen LogP contribution in [0.3, 0.4) is 0 Å². The molecule has 0 radical (unpaired) electrons. The van der Waals surface area contributed by atoms with Gasteiger partial charge in [-0.3, -0.25) is 4.79 Å². The first-order valence-corrected chi connectivity index (χ1v) is 8.59. The molecule has 1 amide bonds. The molecule has 4 nitrogen and oxygen atoms in total. The molecule has 0 unspecified atom stereocenters. The molecule has 2 rings (SSSR count). The minimum absolute atomic E-state index is 0.0102. The van der Waals surface area contributed by atoms with Crippen molar-refractivity contribution in [2.24, 2.45) is 5.41 Å². The van der Waals surface area contributed by atoms with Crippen LogP contribution in [0.1, 0.15) is 52.4 Å². The predicted molar refractivity (Wildman–Crippen MR) is 97.5 cm³/mol. The van der Waals surface area contributed by atoms with Gasteiger partial charge in [0.1, 0.15) is 5.82 Å². The normalized spacial score (nSPS) is 11.8. The Morgan fingerprint density at radius 3 is 2.46 bits per heavy atom. The van der Waals surface area contributed by atoms with E-state index in [2.05, 4.69) is 56.3 Å². The Hall–Kier alpha value is -2.10. The first kappa shape index (κ1) is 18.2. The van der Waals surface area contributed by atoms with Crippen molar-refractivity contribution < 1.29 is 4.79 Å². The zero-order valence-electron chi connectivity index (χ0n) is 15.5. The molecule has 2 aromatic rings. The smallest absolute Gasteiger partial charge is 0.223 e. The molecular formula is C20H29N3O. The van der Waals surface area contributed by atoms with Crippen LogP contribution in [0.25, 0.3) is 0 Å². The third kappa shape index (κ3) is 5.22.